The Kier molecular flexibility index (Phi) is 3.03. The molecule has 2 nitrogen and oxygen atoms in total. The maximum atomic E-state index is 11.4. The Morgan fingerprint density at radius 3 is 1.95 bits per heavy atom. The van der Waals surface area contributed by atoms with Crippen molar-refractivity contribution in [1.82, 2.24) is 0 Å². The van der Waals surface area contributed by atoms with Crippen molar-refractivity contribution in [3.63, 3.8) is 0 Å². The maximum Gasteiger partial charge on any atom is 0.307 e. The zero-order valence-electron chi connectivity index (χ0n) is 10.2. The Bertz CT molecular complexity index is 592. The van der Waals surface area contributed by atoms with Crippen molar-refractivity contribution in [3.05, 3.63) is 70.7 Å². The van der Waals surface area contributed by atoms with Crippen LogP contribution in [0.15, 0.2) is 54.6 Å². The smallest absolute Gasteiger partial charge is 0.307 e. The molecule has 0 amide bonds. The van der Waals surface area contributed by atoms with Crippen LogP contribution in [0.4, 0.5) is 0 Å². The van der Waals surface area contributed by atoms with Crippen molar-refractivity contribution in [2.75, 3.05) is 0 Å². The Balaban J connectivity index is 1.93. The molecule has 0 saturated heterocycles. The molecule has 96 valence electrons. The van der Waals surface area contributed by atoms with Gasteiger partial charge in [0.2, 0.25) is 0 Å². The van der Waals surface area contributed by atoms with E-state index in [2.05, 4.69) is 0 Å². The first-order valence-electron chi connectivity index (χ1n) is 6.21. The number of halogens is 1. The van der Waals surface area contributed by atoms with E-state index in [4.69, 9.17) is 11.6 Å². The van der Waals surface area contributed by atoms with Gasteiger partial charge in [-0.1, -0.05) is 54.1 Å². The molecule has 0 heterocycles. The van der Waals surface area contributed by atoms with Gasteiger partial charge in [0.1, 0.15) is 0 Å². The third kappa shape index (κ3) is 2.24. The van der Waals surface area contributed by atoms with Gasteiger partial charge in [-0.15, -0.1) is 0 Å². The topological polar surface area (TPSA) is 37.3 Å². The summed E-state index contributed by atoms with van der Waals surface area (Å²) in [6.07, 6.45) is 0. The number of benzene rings is 2. The van der Waals surface area contributed by atoms with Crippen molar-refractivity contribution >= 4 is 17.6 Å². The summed E-state index contributed by atoms with van der Waals surface area (Å²) >= 11 is 5.87. The van der Waals surface area contributed by atoms with Crippen LogP contribution in [0.2, 0.25) is 5.02 Å². The minimum absolute atomic E-state index is 0.0529. The quantitative estimate of drug-likeness (QED) is 0.919. The van der Waals surface area contributed by atoms with Crippen molar-refractivity contribution in [2.45, 2.75) is 11.8 Å². The molecule has 1 N–H and O–H groups in total. The van der Waals surface area contributed by atoms with Gasteiger partial charge >= 0.3 is 5.97 Å². The zero-order valence-corrected chi connectivity index (χ0v) is 10.9. The van der Waals surface area contributed by atoms with Gasteiger partial charge in [0, 0.05) is 16.9 Å². The second-order valence-electron chi connectivity index (χ2n) is 4.88. The molecule has 0 aliphatic heterocycles. The highest BCUT2D eigenvalue weighted by Crippen LogP contribution is 2.60. The van der Waals surface area contributed by atoms with Gasteiger partial charge in [0.25, 0.3) is 0 Å². The summed E-state index contributed by atoms with van der Waals surface area (Å²) in [7, 11) is 0. The van der Waals surface area contributed by atoms with Gasteiger partial charge in [-0.25, -0.2) is 0 Å². The fourth-order valence-corrected chi connectivity index (χ4v) is 2.93. The number of carbonyl (C=O) groups is 1. The summed E-state index contributed by atoms with van der Waals surface area (Å²) in [4.78, 5) is 11.4. The highest BCUT2D eigenvalue weighted by molar-refractivity contribution is 6.30. The number of hydrogen-bond acceptors (Lipinski definition) is 1. The SMILES string of the molecule is O=C(O)C1[C@@H](c2ccccc2)[C@@H]1c1ccc(Cl)cc1. The van der Waals surface area contributed by atoms with E-state index in [1.165, 1.54) is 0 Å². The Morgan fingerprint density at radius 1 is 0.895 bits per heavy atom. The van der Waals surface area contributed by atoms with Gasteiger partial charge in [-0.2, -0.15) is 0 Å². The molecule has 1 aliphatic rings. The molecule has 3 atom stereocenters. The zero-order chi connectivity index (χ0) is 13.4. The van der Waals surface area contributed by atoms with Crippen molar-refractivity contribution in [3.8, 4) is 0 Å². The lowest BCUT2D eigenvalue weighted by atomic mass is 10.0. The van der Waals surface area contributed by atoms with Crippen LogP contribution in [-0.4, -0.2) is 11.1 Å². The summed E-state index contributed by atoms with van der Waals surface area (Å²) in [6.45, 7) is 0. The normalized spacial score (nSPS) is 25.0. The minimum atomic E-state index is -0.728. The molecule has 2 aromatic rings. The fraction of sp³-hybridized carbons (Fsp3) is 0.188. The molecule has 0 spiro atoms. The van der Waals surface area contributed by atoms with Crippen LogP contribution in [0.1, 0.15) is 23.0 Å². The lowest BCUT2D eigenvalue weighted by Crippen LogP contribution is -2.00. The van der Waals surface area contributed by atoms with Crippen LogP contribution in [0, 0.1) is 5.92 Å². The number of hydrogen-bond donors (Lipinski definition) is 1. The first-order valence-corrected chi connectivity index (χ1v) is 6.59. The van der Waals surface area contributed by atoms with E-state index >= 15 is 0 Å². The van der Waals surface area contributed by atoms with Crippen molar-refractivity contribution in [2.24, 2.45) is 5.92 Å². The molecule has 0 radical (unpaired) electrons. The molecule has 3 rings (SSSR count). The van der Waals surface area contributed by atoms with Gasteiger partial charge in [-0.3, -0.25) is 4.79 Å². The highest BCUT2D eigenvalue weighted by Gasteiger charge is 2.56. The van der Waals surface area contributed by atoms with Gasteiger partial charge in [-0.05, 0) is 23.3 Å². The first-order chi connectivity index (χ1) is 9.18. The van der Waals surface area contributed by atoms with E-state index < -0.39 is 5.97 Å². The van der Waals surface area contributed by atoms with Crippen LogP contribution in [0.5, 0.6) is 0 Å². The maximum absolute atomic E-state index is 11.4. The lowest BCUT2D eigenvalue weighted by Gasteiger charge is -2.00. The van der Waals surface area contributed by atoms with Crippen LogP contribution in [-0.2, 0) is 4.79 Å². The molecule has 0 aromatic heterocycles. The molecular weight excluding hydrogens is 260 g/mol. The second-order valence-corrected chi connectivity index (χ2v) is 5.31. The Labute approximate surface area is 116 Å². The average molecular weight is 273 g/mol. The Hall–Kier alpha value is -1.80. The van der Waals surface area contributed by atoms with Gasteiger partial charge in [0.15, 0.2) is 0 Å². The molecule has 1 unspecified atom stereocenters. The van der Waals surface area contributed by atoms with Crippen molar-refractivity contribution < 1.29 is 9.90 Å². The molecule has 2 aromatic carbocycles. The molecule has 19 heavy (non-hydrogen) atoms. The van der Waals surface area contributed by atoms with E-state index in [-0.39, 0.29) is 17.8 Å². The van der Waals surface area contributed by atoms with E-state index in [1.807, 2.05) is 54.6 Å². The van der Waals surface area contributed by atoms with E-state index in [0.717, 1.165) is 11.1 Å². The van der Waals surface area contributed by atoms with Crippen LogP contribution in [0.25, 0.3) is 0 Å². The predicted molar refractivity (Wildman–Crippen MR) is 74.5 cm³/mol. The first kappa shape index (κ1) is 12.2. The van der Waals surface area contributed by atoms with Gasteiger partial charge < -0.3 is 5.11 Å². The van der Waals surface area contributed by atoms with Crippen LogP contribution >= 0.6 is 11.6 Å². The third-order valence-corrected chi connectivity index (χ3v) is 4.00. The monoisotopic (exact) mass is 272 g/mol. The summed E-state index contributed by atoms with van der Waals surface area (Å²) in [6, 6.07) is 17.3. The fourth-order valence-electron chi connectivity index (χ4n) is 2.81. The van der Waals surface area contributed by atoms with E-state index in [0.29, 0.717) is 5.02 Å². The molecule has 1 aliphatic carbocycles. The van der Waals surface area contributed by atoms with Crippen LogP contribution in [0.3, 0.4) is 0 Å². The molecule has 3 heteroatoms. The minimum Gasteiger partial charge on any atom is -0.481 e. The predicted octanol–water partition coefficient (Wildman–Crippen LogP) is 3.92. The average Bonchev–Trinajstić information content (AvgIpc) is 3.16. The summed E-state index contributed by atoms with van der Waals surface area (Å²) in [5.41, 5.74) is 2.14. The standard InChI is InChI=1S/C16H13ClO2/c17-12-8-6-11(7-9-12)14-13(15(14)16(18)19)10-4-2-1-3-5-10/h1-9,13-15H,(H,18,19)/t13-,14-,15?/m0/s1. The summed E-state index contributed by atoms with van der Waals surface area (Å²) in [5.74, 6) is -0.936. The highest BCUT2D eigenvalue weighted by atomic mass is 35.5. The summed E-state index contributed by atoms with van der Waals surface area (Å²) in [5, 5.41) is 10.0. The third-order valence-electron chi connectivity index (χ3n) is 3.74. The van der Waals surface area contributed by atoms with E-state index in [1.54, 1.807) is 0 Å². The Morgan fingerprint density at radius 2 is 1.42 bits per heavy atom. The molecule has 1 fully saturated rings. The van der Waals surface area contributed by atoms with Crippen molar-refractivity contribution in [1.29, 1.82) is 0 Å². The number of carboxylic acid groups (broad SMARTS) is 1. The number of aliphatic carboxylic acids is 1. The molecule has 0 bridgehead atoms. The largest absolute Gasteiger partial charge is 0.481 e. The lowest BCUT2D eigenvalue weighted by molar-refractivity contribution is -0.138. The molecule has 1 saturated carbocycles. The van der Waals surface area contributed by atoms with Gasteiger partial charge in [0.05, 0.1) is 5.92 Å². The second kappa shape index (κ2) is 4.71. The van der Waals surface area contributed by atoms with E-state index in [9.17, 15) is 9.90 Å². The number of rotatable bonds is 3. The van der Waals surface area contributed by atoms with Crippen LogP contribution < -0.4 is 0 Å². The molecular formula is C16H13ClO2. The summed E-state index contributed by atoms with van der Waals surface area (Å²) < 4.78 is 0. The number of carboxylic acids is 1.